The van der Waals surface area contributed by atoms with Crippen molar-refractivity contribution in [1.82, 2.24) is 10.2 Å². The van der Waals surface area contributed by atoms with Gasteiger partial charge in [-0.2, -0.15) is 0 Å². The van der Waals surface area contributed by atoms with Crippen molar-refractivity contribution < 1.29 is 19.1 Å². The molecule has 0 aromatic carbocycles. The number of hydrogen-bond acceptors (Lipinski definition) is 4. The van der Waals surface area contributed by atoms with Crippen molar-refractivity contribution >= 4 is 12.2 Å². The molecule has 3 aliphatic rings. The van der Waals surface area contributed by atoms with E-state index >= 15 is 0 Å². The lowest BCUT2D eigenvalue weighted by atomic mass is 9.94. The van der Waals surface area contributed by atoms with Gasteiger partial charge in [0.05, 0.1) is 6.54 Å². The molecule has 0 bridgehead atoms. The molecule has 1 atom stereocenters. The Hall–Kier alpha value is -1.46. The Morgan fingerprint density at radius 1 is 1.09 bits per heavy atom. The summed E-state index contributed by atoms with van der Waals surface area (Å²) in [4.78, 5) is 25.7. The highest BCUT2D eigenvalue weighted by atomic mass is 16.6. The molecule has 3 rings (SSSR count). The van der Waals surface area contributed by atoms with E-state index < -0.39 is 0 Å². The molecule has 2 aliphatic carbocycles. The first-order chi connectivity index (χ1) is 11.2. The first-order valence-corrected chi connectivity index (χ1v) is 9.13. The summed E-state index contributed by atoms with van der Waals surface area (Å²) in [5, 5.41) is 2.91. The molecule has 6 heteroatoms. The molecular formula is C17H28N2O4. The van der Waals surface area contributed by atoms with Crippen molar-refractivity contribution in [2.24, 2.45) is 0 Å². The zero-order valence-electron chi connectivity index (χ0n) is 13.8. The summed E-state index contributed by atoms with van der Waals surface area (Å²) < 4.78 is 10.6. The third-order valence-electron chi connectivity index (χ3n) is 5.25. The summed E-state index contributed by atoms with van der Waals surface area (Å²) in [7, 11) is 0. The van der Waals surface area contributed by atoms with Crippen LogP contribution in [-0.4, -0.2) is 48.4 Å². The SMILES string of the molecule is O=C(NC1CCCCC1)OCC1CN(C2CCCCC2)C(=O)O1. The summed E-state index contributed by atoms with van der Waals surface area (Å²) >= 11 is 0. The molecule has 6 nitrogen and oxygen atoms in total. The molecule has 2 amide bonds. The van der Waals surface area contributed by atoms with Crippen molar-refractivity contribution in [3.05, 3.63) is 0 Å². The second-order valence-corrected chi connectivity index (χ2v) is 7.03. The van der Waals surface area contributed by atoms with Crippen molar-refractivity contribution in [2.45, 2.75) is 82.4 Å². The molecule has 0 aromatic rings. The maximum Gasteiger partial charge on any atom is 0.410 e. The van der Waals surface area contributed by atoms with E-state index in [4.69, 9.17) is 9.47 Å². The number of nitrogens with zero attached hydrogens (tertiary/aromatic N) is 1. The standard InChI is InChI=1S/C17H28N2O4/c20-16(18-13-7-3-1-4-8-13)22-12-15-11-19(17(21)23-15)14-9-5-2-6-10-14/h13-15H,1-12H2,(H,18,20). The monoisotopic (exact) mass is 324 g/mol. The minimum absolute atomic E-state index is 0.146. The molecular weight excluding hydrogens is 296 g/mol. The lowest BCUT2D eigenvalue weighted by molar-refractivity contribution is 0.0709. The average Bonchev–Trinajstić information content (AvgIpc) is 2.96. The van der Waals surface area contributed by atoms with Gasteiger partial charge in [0, 0.05) is 12.1 Å². The zero-order chi connectivity index (χ0) is 16.1. The van der Waals surface area contributed by atoms with Gasteiger partial charge in [0.1, 0.15) is 6.61 Å². The van der Waals surface area contributed by atoms with Gasteiger partial charge in [0.15, 0.2) is 6.10 Å². The van der Waals surface area contributed by atoms with Crippen LogP contribution in [0.3, 0.4) is 0 Å². The Morgan fingerprint density at radius 2 is 1.74 bits per heavy atom. The highest BCUT2D eigenvalue weighted by Crippen LogP contribution is 2.26. The number of amides is 2. The number of alkyl carbamates (subject to hydrolysis) is 1. The van der Waals surface area contributed by atoms with E-state index in [-0.39, 0.29) is 30.9 Å². The van der Waals surface area contributed by atoms with Gasteiger partial charge >= 0.3 is 12.2 Å². The van der Waals surface area contributed by atoms with Crippen molar-refractivity contribution in [3.63, 3.8) is 0 Å². The number of nitrogens with one attached hydrogen (secondary N) is 1. The van der Waals surface area contributed by atoms with Crippen molar-refractivity contribution in [2.75, 3.05) is 13.2 Å². The van der Waals surface area contributed by atoms with Crippen LogP contribution in [0.4, 0.5) is 9.59 Å². The van der Waals surface area contributed by atoms with Gasteiger partial charge in [-0.25, -0.2) is 9.59 Å². The topological polar surface area (TPSA) is 67.9 Å². The van der Waals surface area contributed by atoms with E-state index in [0.29, 0.717) is 12.6 Å². The molecule has 0 aromatic heterocycles. The number of hydrogen-bond donors (Lipinski definition) is 1. The summed E-state index contributed by atoms with van der Waals surface area (Å²) in [5.74, 6) is 0. The predicted molar refractivity (Wildman–Crippen MR) is 85.2 cm³/mol. The summed E-state index contributed by atoms with van der Waals surface area (Å²) in [5.41, 5.74) is 0. The third kappa shape index (κ3) is 4.52. The number of ether oxygens (including phenoxy) is 2. The van der Waals surface area contributed by atoms with Crippen molar-refractivity contribution in [1.29, 1.82) is 0 Å². The number of cyclic esters (lactones) is 1. The minimum Gasteiger partial charge on any atom is -0.446 e. The van der Waals surface area contributed by atoms with Gasteiger partial charge in [0.2, 0.25) is 0 Å². The van der Waals surface area contributed by atoms with Crippen LogP contribution < -0.4 is 5.32 Å². The second-order valence-electron chi connectivity index (χ2n) is 7.03. The van der Waals surface area contributed by atoms with Crippen molar-refractivity contribution in [3.8, 4) is 0 Å². The molecule has 0 spiro atoms. The Balaban J connectivity index is 1.38. The number of carbonyl (C=O) groups excluding carboxylic acids is 2. The zero-order valence-corrected chi connectivity index (χ0v) is 13.8. The van der Waals surface area contributed by atoms with Crippen LogP contribution in [0, 0.1) is 0 Å². The van der Waals surface area contributed by atoms with E-state index in [1.54, 1.807) is 0 Å². The second kappa shape index (κ2) is 7.88. The van der Waals surface area contributed by atoms with Crippen LogP contribution in [0.1, 0.15) is 64.2 Å². The minimum atomic E-state index is -0.385. The van der Waals surface area contributed by atoms with E-state index in [0.717, 1.165) is 25.7 Å². The molecule has 23 heavy (non-hydrogen) atoms. The first-order valence-electron chi connectivity index (χ1n) is 9.13. The van der Waals surface area contributed by atoms with Gasteiger partial charge in [-0.1, -0.05) is 38.5 Å². The normalized spacial score (nSPS) is 26.9. The molecule has 1 saturated heterocycles. The van der Waals surface area contributed by atoms with E-state index in [1.165, 1.54) is 38.5 Å². The highest BCUT2D eigenvalue weighted by molar-refractivity contribution is 5.71. The van der Waals surface area contributed by atoms with Crippen LogP contribution >= 0.6 is 0 Å². The quantitative estimate of drug-likeness (QED) is 0.862. The molecule has 130 valence electrons. The lowest BCUT2D eigenvalue weighted by Crippen LogP contribution is -2.39. The fraction of sp³-hybridized carbons (Fsp3) is 0.882. The highest BCUT2D eigenvalue weighted by Gasteiger charge is 2.37. The molecule has 0 radical (unpaired) electrons. The van der Waals surface area contributed by atoms with Crippen LogP contribution in [0.25, 0.3) is 0 Å². The van der Waals surface area contributed by atoms with Crippen LogP contribution in [-0.2, 0) is 9.47 Å². The third-order valence-corrected chi connectivity index (χ3v) is 5.25. The molecule has 1 unspecified atom stereocenters. The van der Waals surface area contributed by atoms with Gasteiger partial charge < -0.3 is 19.7 Å². The fourth-order valence-electron chi connectivity index (χ4n) is 3.94. The number of rotatable bonds is 4. The Morgan fingerprint density at radius 3 is 2.43 bits per heavy atom. The maximum absolute atomic E-state index is 12.0. The van der Waals surface area contributed by atoms with Gasteiger partial charge in [-0.05, 0) is 25.7 Å². The maximum atomic E-state index is 12.0. The Kier molecular flexibility index (Phi) is 5.62. The van der Waals surface area contributed by atoms with Crippen LogP contribution in [0.2, 0.25) is 0 Å². The molecule has 1 heterocycles. The van der Waals surface area contributed by atoms with Gasteiger partial charge in [-0.15, -0.1) is 0 Å². The molecule has 2 saturated carbocycles. The lowest BCUT2D eigenvalue weighted by Gasteiger charge is -2.28. The average molecular weight is 324 g/mol. The fourth-order valence-corrected chi connectivity index (χ4v) is 3.94. The predicted octanol–water partition coefficient (Wildman–Crippen LogP) is 3.20. The van der Waals surface area contributed by atoms with Crippen LogP contribution in [0.5, 0.6) is 0 Å². The van der Waals surface area contributed by atoms with Gasteiger partial charge in [0.25, 0.3) is 0 Å². The van der Waals surface area contributed by atoms with Gasteiger partial charge in [-0.3, -0.25) is 0 Å². The largest absolute Gasteiger partial charge is 0.446 e. The summed E-state index contributed by atoms with van der Waals surface area (Å²) in [6.45, 7) is 0.688. The summed E-state index contributed by atoms with van der Waals surface area (Å²) in [6, 6.07) is 0.540. The smallest absolute Gasteiger partial charge is 0.410 e. The van der Waals surface area contributed by atoms with E-state index in [2.05, 4.69) is 5.32 Å². The molecule has 3 fully saturated rings. The number of carbonyl (C=O) groups is 2. The van der Waals surface area contributed by atoms with Crippen LogP contribution in [0.15, 0.2) is 0 Å². The molecule has 1 N–H and O–H groups in total. The Bertz CT molecular complexity index is 417. The first kappa shape index (κ1) is 16.4. The van der Waals surface area contributed by atoms with E-state index in [9.17, 15) is 9.59 Å². The molecule has 1 aliphatic heterocycles. The Labute approximate surface area is 137 Å². The van der Waals surface area contributed by atoms with E-state index in [1.807, 2.05) is 4.90 Å². The summed E-state index contributed by atoms with van der Waals surface area (Å²) in [6.07, 6.45) is 10.4.